The van der Waals surface area contributed by atoms with Crippen LogP contribution in [-0.2, 0) is 24.2 Å². The molecule has 0 atom stereocenters. The van der Waals surface area contributed by atoms with E-state index in [-0.39, 0.29) is 11.5 Å². The predicted octanol–water partition coefficient (Wildman–Crippen LogP) is 3.57. The maximum Gasteiger partial charge on any atom is 0.344 e. The number of nitrogens with one attached hydrogen (secondary N) is 1. The number of hydrogen-bond donors (Lipinski definition) is 1. The molecule has 7 nitrogen and oxygen atoms in total. The van der Waals surface area contributed by atoms with Crippen LogP contribution in [0.15, 0.2) is 70.0 Å². The zero-order valence-corrected chi connectivity index (χ0v) is 18.3. The molecule has 0 unspecified atom stereocenters. The number of anilines is 1. The summed E-state index contributed by atoms with van der Waals surface area (Å²) in [5.74, 6) is -0.763. The minimum atomic E-state index is -3.31. The normalized spacial score (nSPS) is 11.1. The molecule has 9 heteroatoms. The van der Waals surface area contributed by atoms with Crippen molar-refractivity contribution in [1.82, 2.24) is 0 Å². The Bertz CT molecular complexity index is 1190. The number of ether oxygens (including phenoxy) is 2. The Morgan fingerprint density at radius 2 is 1.67 bits per heavy atom. The molecule has 30 heavy (non-hydrogen) atoms. The van der Waals surface area contributed by atoms with Gasteiger partial charge in [-0.05, 0) is 57.0 Å². The zero-order valence-electron chi connectivity index (χ0n) is 15.9. The fourth-order valence-corrected chi connectivity index (χ4v) is 3.87. The molecule has 0 aromatic heterocycles. The van der Waals surface area contributed by atoms with Gasteiger partial charge >= 0.3 is 5.97 Å². The van der Waals surface area contributed by atoms with Crippen LogP contribution in [0.2, 0.25) is 0 Å². The summed E-state index contributed by atoms with van der Waals surface area (Å²) >= 11 is 3.47. The molecule has 0 saturated heterocycles. The van der Waals surface area contributed by atoms with Crippen LogP contribution in [-0.4, -0.2) is 39.8 Å². The van der Waals surface area contributed by atoms with Crippen LogP contribution in [0.5, 0.6) is 5.75 Å². The van der Waals surface area contributed by atoms with Gasteiger partial charge in [-0.25, -0.2) is 13.2 Å². The quantitative estimate of drug-likeness (QED) is 0.507. The molecular weight excluding hydrogens is 474 g/mol. The third kappa shape index (κ3) is 5.58. The van der Waals surface area contributed by atoms with E-state index in [2.05, 4.69) is 21.2 Å². The van der Waals surface area contributed by atoms with Crippen molar-refractivity contribution in [3.8, 4) is 5.75 Å². The first-order valence-corrected chi connectivity index (χ1v) is 11.5. The molecule has 0 aliphatic rings. The molecule has 3 rings (SSSR count). The van der Waals surface area contributed by atoms with Crippen LogP contribution < -0.4 is 10.1 Å². The van der Waals surface area contributed by atoms with Crippen LogP contribution in [0, 0.1) is 0 Å². The summed E-state index contributed by atoms with van der Waals surface area (Å²) in [5, 5.41) is 4.50. The van der Waals surface area contributed by atoms with E-state index in [1.807, 2.05) is 30.3 Å². The summed E-state index contributed by atoms with van der Waals surface area (Å²) in [4.78, 5) is 24.0. The van der Waals surface area contributed by atoms with Gasteiger partial charge in [-0.1, -0.05) is 30.3 Å². The van der Waals surface area contributed by atoms with Crippen molar-refractivity contribution in [1.29, 1.82) is 0 Å². The topological polar surface area (TPSA) is 98.8 Å². The van der Waals surface area contributed by atoms with Gasteiger partial charge in [0.15, 0.2) is 23.1 Å². The first-order valence-electron chi connectivity index (χ1n) is 8.80. The molecule has 0 spiro atoms. The number of amides is 1. The third-order valence-corrected chi connectivity index (χ3v) is 6.05. The van der Waals surface area contributed by atoms with E-state index < -0.39 is 28.3 Å². The lowest BCUT2D eigenvalue weighted by atomic mass is 10.1. The average molecular weight is 492 g/mol. The fourth-order valence-electron chi connectivity index (χ4n) is 2.63. The lowest BCUT2D eigenvalue weighted by Crippen LogP contribution is -2.23. The highest BCUT2D eigenvalue weighted by molar-refractivity contribution is 9.10. The summed E-state index contributed by atoms with van der Waals surface area (Å²) < 4.78 is 34.0. The van der Waals surface area contributed by atoms with E-state index in [0.29, 0.717) is 11.4 Å². The van der Waals surface area contributed by atoms with Crippen LogP contribution in [0.1, 0.15) is 0 Å². The molecule has 156 valence electrons. The van der Waals surface area contributed by atoms with Gasteiger partial charge in [0.25, 0.3) is 5.91 Å². The Morgan fingerprint density at radius 1 is 0.967 bits per heavy atom. The molecule has 0 aliphatic heterocycles. The van der Waals surface area contributed by atoms with Gasteiger partial charge in [0.1, 0.15) is 5.75 Å². The van der Waals surface area contributed by atoms with Gasteiger partial charge in [-0.15, -0.1) is 0 Å². The van der Waals surface area contributed by atoms with Crippen molar-refractivity contribution in [2.75, 3.05) is 24.8 Å². The van der Waals surface area contributed by atoms with Crippen LogP contribution in [0.25, 0.3) is 10.8 Å². The SMILES string of the molecule is CS(=O)(=O)c1ccc(NC(=O)COC(=O)COc2ccc3ccccc3c2Br)cc1. The van der Waals surface area contributed by atoms with Crippen molar-refractivity contribution in [2.24, 2.45) is 0 Å². The second kappa shape index (κ2) is 9.27. The number of carbonyl (C=O) groups is 2. The minimum Gasteiger partial charge on any atom is -0.481 e. The van der Waals surface area contributed by atoms with Crippen LogP contribution >= 0.6 is 15.9 Å². The highest BCUT2D eigenvalue weighted by Gasteiger charge is 2.12. The molecular formula is C21H18BrNO6S. The largest absolute Gasteiger partial charge is 0.481 e. The summed E-state index contributed by atoms with van der Waals surface area (Å²) in [6, 6.07) is 17.0. The van der Waals surface area contributed by atoms with Crippen LogP contribution in [0.4, 0.5) is 5.69 Å². The monoisotopic (exact) mass is 491 g/mol. The Hall–Kier alpha value is -2.91. The minimum absolute atomic E-state index is 0.143. The summed E-state index contributed by atoms with van der Waals surface area (Å²) in [6.07, 6.45) is 1.10. The number of sulfone groups is 1. The number of hydrogen-bond acceptors (Lipinski definition) is 6. The molecule has 3 aromatic rings. The van der Waals surface area contributed by atoms with Gasteiger partial charge in [-0.2, -0.15) is 0 Å². The number of carbonyl (C=O) groups excluding carboxylic acids is 2. The van der Waals surface area contributed by atoms with Crippen molar-refractivity contribution in [3.63, 3.8) is 0 Å². The predicted molar refractivity (Wildman–Crippen MR) is 116 cm³/mol. The lowest BCUT2D eigenvalue weighted by molar-refractivity contribution is -0.149. The van der Waals surface area contributed by atoms with E-state index in [0.717, 1.165) is 21.5 Å². The van der Waals surface area contributed by atoms with Crippen molar-refractivity contribution >= 4 is 54.1 Å². The molecule has 0 bridgehead atoms. The second-order valence-electron chi connectivity index (χ2n) is 6.39. The lowest BCUT2D eigenvalue weighted by Gasteiger charge is -2.10. The number of halogens is 1. The third-order valence-electron chi connectivity index (χ3n) is 4.10. The average Bonchev–Trinajstić information content (AvgIpc) is 2.72. The molecule has 3 aromatic carbocycles. The molecule has 1 N–H and O–H groups in total. The first-order chi connectivity index (χ1) is 14.2. The summed E-state index contributed by atoms with van der Waals surface area (Å²) in [7, 11) is -3.31. The number of benzene rings is 3. The van der Waals surface area contributed by atoms with Crippen LogP contribution in [0.3, 0.4) is 0 Å². The molecule has 0 radical (unpaired) electrons. The van der Waals surface area contributed by atoms with E-state index in [1.54, 1.807) is 6.07 Å². The fraction of sp³-hybridized carbons (Fsp3) is 0.143. The Balaban J connectivity index is 1.49. The zero-order chi connectivity index (χ0) is 21.7. The highest BCUT2D eigenvalue weighted by atomic mass is 79.9. The number of rotatable bonds is 7. The van der Waals surface area contributed by atoms with E-state index >= 15 is 0 Å². The molecule has 0 fully saturated rings. The van der Waals surface area contributed by atoms with Crippen molar-refractivity contribution in [3.05, 3.63) is 65.1 Å². The highest BCUT2D eigenvalue weighted by Crippen LogP contribution is 2.32. The first kappa shape index (κ1) is 21.8. The van der Waals surface area contributed by atoms with Gasteiger partial charge in [-0.3, -0.25) is 4.79 Å². The Morgan fingerprint density at radius 3 is 2.37 bits per heavy atom. The van der Waals surface area contributed by atoms with E-state index in [4.69, 9.17) is 9.47 Å². The number of fused-ring (bicyclic) bond motifs is 1. The standard InChI is InChI=1S/C21H18BrNO6S/c1-30(26,27)16-9-7-15(8-10-16)23-19(24)12-29-20(25)13-28-18-11-6-14-4-2-3-5-17(14)21(18)22/h2-11H,12-13H2,1H3,(H,23,24). The molecule has 1 amide bonds. The van der Waals surface area contributed by atoms with Gasteiger partial charge < -0.3 is 14.8 Å². The van der Waals surface area contributed by atoms with Gasteiger partial charge in [0.05, 0.1) is 9.37 Å². The number of esters is 1. The summed E-state index contributed by atoms with van der Waals surface area (Å²) in [6.45, 7) is -0.845. The summed E-state index contributed by atoms with van der Waals surface area (Å²) in [5.41, 5.74) is 0.389. The van der Waals surface area contributed by atoms with Crippen molar-refractivity contribution < 1.29 is 27.5 Å². The van der Waals surface area contributed by atoms with Gasteiger partial charge in [0.2, 0.25) is 0 Å². The van der Waals surface area contributed by atoms with E-state index in [9.17, 15) is 18.0 Å². The molecule has 0 heterocycles. The smallest absolute Gasteiger partial charge is 0.344 e. The van der Waals surface area contributed by atoms with Crippen molar-refractivity contribution in [2.45, 2.75) is 4.90 Å². The maximum absolute atomic E-state index is 11.9. The maximum atomic E-state index is 11.9. The molecule has 0 saturated carbocycles. The van der Waals surface area contributed by atoms with E-state index in [1.165, 1.54) is 24.3 Å². The van der Waals surface area contributed by atoms with Gasteiger partial charge in [0, 0.05) is 11.9 Å². The Kier molecular flexibility index (Phi) is 6.73. The molecule has 0 aliphatic carbocycles. The Labute approximate surface area is 182 Å². The second-order valence-corrected chi connectivity index (χ2v) is 9.20.